The number of benzene rings is 2. The topological polar surface area (TPSA) is 76.6 Å². The Morgan fingerprint density at radius 2 is 1.74 bits per heavy atom. The van der Waals surface area contributed by atoms with E-state index in [1.165, 1.54) is 0 Å². The zero-order chi connectivity index (χ0) is 18.6. The highest BCUT2D eigenvalue weighted by Gasteiger charge is 2.15. The standard InChI is InChI=1S/C20H18N4O3/c1-24(15-5-3-2-4-6-15)19-10-8-16(22-23-19)20(25)21-14-7-9-17-18(13-14)27-12-11-26-17/h2-10,13H,11-12H2,1H3,(H,21,25). The number of hydrogen-bond donors (Lipinski definition) is 1. The molecule has 7 nitrogen and oxygen atoms in total. The highest BCUT2D eigenvalue weighted by atomic mass is 16.6. The van der Waals surface area contributed by atoms with E-state index in [0.717, 1.165) is 5.69 Å². The zero-order valence-electron chi connectivity index (χ0n) is 14.8. The van der Waals surface area contributed by atoms with Crippen LogP contribution in [0.2, 0.25) is 0 Å². The van der Waals surface area contributed by atoms with Crippen molar-refractivity contribution >= 4 is 23.1 Å². The lowest BCUT2D eigenvalue weighted by molar-refractivity contribution is 0.102. The van der Waals surface area contributed by atoms with Crippen LogP contribution in [0.4, 0.5) is 17.2 Å². The maximum Gasteiger partial charge on any atom is 0.276 e. The minimum absolute atomic E-state index is 0.232. The number of rotatable bonds is 4. The van der Waals surface area contributed by atoms with Crippen LogP contribution in [0.25, 0.3) is 0 Å². The Hall–Kier alpha value is -3.61. The lowest BCUT2D eigenvalue weighted by atomic mass is 10.2. The van der Waals surface area contributed by atoms with Crippen LogP contribution in [0.5, 0.6) is 11.5 Å². The Balaban J connectivity index is 1.46. The average Bonchev–Trinajstić information content (AvgIpc) is 2.74. The monoisotopic (exact) mass is 362 g/mol. The van der Waals surface area contributed by atoms with E-state index in [9.17, 15) is 4.79 Å². The number of carbonyl (C=O) groups is 1. The fourth-order valence-electron chi connectivity index (χ4n) is 2.73. The van der Waals surface area contributed by atoms with Crippen LogP contribution >= 0.6 is 0 Å². The third-order valence-electron chi connectivity index (χ3n) is 4.17. The summed E-state index contributed by atoms with van der Waals surface area (Å²) in [5, 5.41) is 11.0. The number of aromatic nitrogens is 2. The van der Waals surface area contributed by atoms with Gasteiger partial charge in [-0.05, 0) is 36.4 Å². The van der Waals surface area contributed by atoms with Gasteiger partial charge in [0.05, 0.1) is 0 Å². The molecule has 0 bridgehead atoms. The molecular weight excluding hydrogens is 344 g/mol. The van der Waals surface area contributed by atoms with Crippen molar-refractivity contribution in [3.05, 3.63) is 66.4 Å². The molecule has 0 saturated heterocycles. The molecule has 0 aliphatic carbocycles. The first-order valence-corrected chi connectivity index (χ1v) is 8.54. The smallest absolute Gasteiger partial charge is 0.276 e. The molecule has 0 atom stereocenters. The van der Waals surface area contributed by atoms with E-state index in [1.54, 1.807) is 30.3 Å². The van der Waals surface area contributed by atoms with Crippen LogP contribution in [-0.2, 0) is 0 Å². The summed E-state index contributed by atoms with van der Waals surface area (Å²) in [7, 11) is 1.90. The fraction of sp³-hybridized carbons (Fsp3) is 0.150. The van der Waals surface area contributed by atoms with Gasteiger partial charge in [0.15, 0.2) is 23.0 Å². The average molecular weight is 362 g/mol. The van der Waals surface area contributed by atoms with Gasteiger partial charge in [-0.15, -0.1) is 10.2 Å². The fourth-order valence-corrected chi connectivity index (χ4v) is 2.73. The maximum absolute atomic E-state index is 12.4. The summed E-state index contributed by atoms with van der Waals surface area (Å²) in [6, 6.07) is 18.5. The number of nitrogens with one attached hydrogen (secondary N) is 1. The van der Waals surface area contributed by atoms with Crippen LogP contribution in [0.3, 0.4) is 0 Å². The van der Waals surface area contributed by atoms with E-state index in [4.69, 9.17) is 9.47 Å². The molecule has 0 radical (unpaired) electrons. The first-order valence-electron chi connectivity index (χ1n) is 8.54. The summed E-state index contributed by atoms with van der Waals surface area (Å²) in [6.07, 6.45) is 0. The van der Waals surface area contributed by atoms with Crippen LogP contribution in [-0.4, -0.2) is 36.4 Å². The van der Waals surface area contributed by atoms with Gasteiger partial charge >= 0.3 is 0 Å². The van der Waals surface area contributed by atoms with Gasteiger partial charge in [0.25, 0.3) is 5.91 Å². The first-order chi connectivity index (χ1) is 13.2. The Labute approximate surface area is 156 Å². The third kappa shape index (κ3) is 3.67. The summed E-state index contributed by atoms with van der Waals surface area (Å²) in [4.78, 5) is 14.3. The second-order valence-corrected chi connectivity index (χ2v) is 5.98. The Morgan fingerprint density at radius 3 is 2.48 bits per heavy atom. The Bertz CT molecular complexity index is 945. The molecule has 27 heavy (non-hydrogen) atoms. The summed E-state index contributed by atoms with van der Waals surface area (Å²) >= 11 is 0. The van der Waals surface area contributed by atoms with Crippen molar-refractivity contribution in [2.75, 3.05) is 30.5 Å². The summed E-state index contributed by atoms with van der Waals surface area (Å²) in [6.45, 7) is 1.02. The van der Waals surface area contributed by atoms with Gasteiger partial charge in [0.1, 0.15) is 13.2 Å². The van der Waals surface area contributed by atoms with Crippen molar-refractivity contribution in [3.63, 3.8) is 0 Å². The number of ether oxygens (including phenoxy) is 2. The summed E-state index contributed by atoms with van der Waals surface area (Å²) in [5.41, 5.74) is 1.83. The van der Waals surface area contributed by atoms with Gasteiger partial charge in [0.2, 0.25) is 0 Å². The van der Waals surface area contributed by atoms with Crippen LogP contribution in [0.1, 0.15) is 10.5 Å². The van der Waals surface area contributed by atoms with Crippen molar-refractivity contribution in [2.24, 2.45) is 0 Å². The third-order valence-corrected chi connectivity index (χ3v) is 4.17. The quantitative estimate of drug-likeness (QED) is 0.768. The number of hydrogen-bond acceptors (Lipinski definition) is 6. The molecular formula is C20H18N4O3. The molecule has 2 heterocycles. The molecule has 2 aromatic carbocycles. The Morgan fingerprint density at radius 1 is 0.963 bits per heavy atom. The number of fused-ring (bicyclic) bond motifs is 1. The molecule has 0 spiro atoms. The maximum atomic E-state index is 12.4. The van der Waals surface area contributed by atoms with Gasteiger partial charge in [-0.25, -0.2) is 0 Å². The van der Waals surface area contributed by atoms with Crippen molar-refractivity contribution in [1.29, 1.82) is 0 Å². The molecule has 4 rings (SSSR count). The molecule has 1 amide bonds. The van der Waals surface area contributed by atoms with Crippen molar-refractivity contribution in [1.82, 2.24) is 10.2 Å². The molecule has 1 aromatic heterocycles. The number of nitrogens with zero attached hydrogens (tertiary/aromatic N) is 3. The molecule has 3 aromatic rings. The highest BCUT2D eigenvalue weighted by molar-refractivity contribution is 6.03. The number of para-hydroxylation sites is 1. The number of carbonyl (C=O) groups excluding carboxylic acids is 1. The molecule has 0 fully saturated rings. The normalized spacial score (nSPS) is 12.3. The second-order valence-electron chi connectivity index (χ2n) is 5.98. The Kier molecular flexibility index (Phi) is 4.57. The summed E-state index contributed by atoms with van der Waals surface area (Å²) < 4.78 is 11.0. The van der Waals surface area contributed by atoms with Crippen LogP contribution < -0.4 is 19.7 Å². The van der Waals surface area contributed by atoms with Crippen molar-refractivity contribution < 1.29 is 14.3 Å². The van der Waals surface area contributed by atoms with E-state index >= 15 is 0 Å². The van der Waals surface area contributed by atoms with Gasteiger partial charge in [0, 0.05) is 24.5 Å². The van der Waals surface area contributed by atoms with E-state index in [2.05, 4.69) is 15.5 Å². The van der Waals surface area contributed by atoms with Crippen molar-refractivity contribution in [2.45, 2.75) is 0 Å². The molecule has 1 aliphatic rings. The SMILES string of the molecule is CN(c1ccccc1)c1ccc(C(=O)Nc2ccc3c(c2)OCCO3)nn1. The van der Waals surface area contributed by atoms with Crippen molar-refractivity contribution in [3.8, 4) is 11.5 Å². The van der Waals surface area contributed by atoms with E-state index in [-0.39, 0.29) is 11.6 Å². The molecule has 7 heteroatoms. The largest absolute Gasteiger partial charge is 0.486 e. The van der Waals surface area contributed by atoms with Crippen LogP contribution in [0, 0.1) is 0 Å². The summed E-state index contributed by atoms with van der Waals surface area (Å²) in [5.74, 6) is 1.60. The minimum Gasteiger partial charge on any atom is -0.486 e. The molecule has 0 saturated carbocycles. The zero-order valence-corrected chi connectivity index (χ0v) is 14.8. The predicted octanol–water partition coefficient (Wildman–Crippen LogP) is 3.27. The van der Waals surface area contributed by atoms with Gasteiger partial charge in [-0.1, -0.05) is 18.2 Å². The lowest BCUT2D eigenvalue weighted by Gasteiger charge is -2.19. The van der Waals surface area contributed by atoms with E-state index in [0.29, 0.717) is 36.2 Å². The molecule has 1 N–H and O–H groups in total. The lowest BCUT2D eigenvalue weighted by Crippen LogP contribution is -2.18. The van der Waals surface area contributed by atoms with Gasteiger partial charge in [-0.2, -0.15) is 0 Å². The van der Waals surface area contributed by atoms with Crippen LogP contribution in [0.15, 0.2) is 60.7 Å². The van der Waals surface area contributed by atoms with E-state index < -0.39 is 0 Å². The molecule has 136 valence electrons. The number of amides is 1. The second kappa shape index (κ2) is 7.33. The van der Waals surface area contributed by atoms with Gasteiger partial charge in [-0.3, -0.25) is 4.79 Å². The first kappa shape index (κ1) is 16.8. The minimum atomic E-state index is -0.340. The molecule has 0 unspecified atom stereocenters. The van der Waals surface area contributed by atoms with Gasteiger partial charge < -0.3 is 19.7 Å². The number of anilines is 3. The van der Waals surface area contributed by atoms with E-state index in [1.807, 2.05) is 42.3 Å². The predicted molar refractivity (Wildman–Crippen MR) is 102 cm³/mol. The molecule has 1 aliphatic heterocycles. The highest BCUT2D eigenvalue weighted by Crippen LogP contribution is 2.32.